The number of benzene rings is 2. The Labute approximate surface area is 170 Å². The van der Waals surface area contributed by atoms with E-state index in [1.54, 1.807) is 0 Å². The third-order valence-electron chi connectivity index (χ3n) is 4.89. The standard InChI is InChI=1S/C22H26ClNO4/c1-3-25-19-10-16-7-14(2)28-20(16)11-17(19)13-24-12-15-8-18(23)22-21(9-15)26-5-4-6-27-22/h8-11,14,24H,3-7,12-13H2,1-2H3/t14-/m1/s1. The van der Waals surface area contributed by atoms with Crippen LogP contribution in [0.3, 0.4) is 0 Å². The van der Waals surface area contributed by atoms with Gasteiger partial charge in [-0.2, -0.15) is 0 Å². The lowest BCUT2D eigenvalue weighted by atomic mass is 10.1. The Morgan fingerprint density at radius 3 is 2.82 bits per heavy atom. The third kappa shape index (κ3) is 4.15. The van der Waals surface area contributed by atoms with Gasteiger partial charge in [0.2, 0.25) is 0 Å². The monoisotopic (exact) mass is 403 g/mol. The van der Waals surface area contributed by atoms with Crippen LogP contribution in [0, 0.1) is 0 Å². The molecule has 2 aromatic carbocycles. The minimum Gasteiger partial charge on any atom is -0.494 e. The Bertz CT molecular complexity index is 855. The molecule has 0 unspecified atom stereocenters. The van der Waals surface area contributed by atoms with Gasteiger partial charge in [-0.05, 0) is 43.7 Å². The molecule has 0 saturated carbocycles. The van der Waals surface area contributed by atoms with Crippen molar-refractivity contribution in [1.29, 1.82) is 0 Å². The summed E-state index contributed by atoms with van der Waals surface area (Å²) in [6.45, 7) is 7.34. The first kappa shape index (κ1) is 19.2. The first-order valence-electron chi connectivity index (χ1n) is 9.88. The maximum Gasteiger partial charge on any atom is 0.179 e. The van der Waals surface area contributed by atoms with E-state index in [0.717, 1.165) is 41.2 Å². The van der Waals surface area contributed by atoms with Crippen LogP contribution in [-0.4, -0.2) is 25.9 Å². The molecule has 2 aliphatic rings. The summed E-state index contributed by atoms with van der Waals surface area (Å²) in [5, 5.41) is 4.07. The van der Waals surface area contributed by atoms with E-state index in [9.17, 15) is 0 Å². The van der Waals surface area contributed by atoms with E-state index >= 15 is 0 Å². The zero-order valence-electron chi connectivity index (χ0n) is 16.3. The van der Waals surface area contributed by atoms with E-state index in [1.807, 2.05) is 19.1 Å². The van der Waals surface area contributed by atoms with Crippen LogP contribution in [0.2, 0.25) is 5.02 Å². The molecule has 5 nitrogen and oxygen atoms in total. The molecule has 2 heterocycles. The largest absolute Gasteiger partial charge is 0.494 e. The van der Waals surface area contributed by atoms with Gasteiger partial charge >= 0.3 is 0 Å². The van der Waals surface area contributed by atoms with Gasteiger partial charge < -0.3 is 24.3 Å². The molecule has 150 valence electrons. The minimum absolute atomic E-state index is 0.219. The molecule has 4 rings (SSSR count). The maximum absolute atomic E-state index is 6.39. The lowest BCUT2D eigenvalue weighted by Crippen LogP contribution is -2.14. The molecule has 0 aromatic heterocycles. The van der Waals surface area contributed by atoms with Crippen LogP contribution in [0.5, 0.6) is 23.0 Å². The molecule has 6 heteroatoms. The smallest absolute Gasteiger partial charge is 0.179 e. The summed E-state index contributed by atoms with van der Waals surface area (Å²) in [7, 11) is 0. The van der Waals surface area contributed by atoms with Crippen LogP contribution in [0.1, 0.15) is 37.0 Å². The van der Waals surface area contributed by atoms with Gasteiger partial charge in [-0.15, -0.1) is 0 Å². The molecule has 0 bridgehead atoms. The van der Waals surface area contributed by atoms with Gasteiger partial charge in [0.25, 0.3) is 0 Å². The van der Waals surface area contributed by atoms with Crippen molar-refractivity contribution in [3.05, 3.63) is 46.0 Å². The normalized spacial score (nSPS) is 17.6. The summed E-state index contributed by atoms with van der Waals surface area (Å²) in [6, 6.07) is 8.14. The van der Waals surface area contributed by atoms with Crippen molar-refractivity contribution in [2.45, 2.75) is 45.9 Å². The molecule has 1 atom stereocenters. The van der Waals surface area contributed by atoms with E-state index in [0.29, 0.717) is 43.7 Å². The predicted octanol–water partition coefficient (Wildman–Crippen LogP) is 4.51. The molecule has 0 aliphatic carbocycles. The molecule has 1 N–H and O–H groups in total. The van der Waals surface area contributed by atoms with Gasteiger partial charge in [0.05, 0.1) is 24.8 Å². The van der Waals surface area contributed by atoms with E-state index in [1.165, 1.54) is 5.56 Å². The summed E-state index contributed by atoms with van der Waals surface area (Å²) in [5.41, 5.74) is 3.36. The lowest BCUT2D eigenvalue weighted by molar-refractivity contribution is 0.254. The van der Waals surface area contributed by atoms with Crippen LogP contribution in [0.25, 0.3) is 0 Å². The summed E-state index contributed by atoms with van der Waals surface area (Å²) in [4.78, 5) is 0. The molecule has 0 spiro atoms. The highest BCUT2D eigenvalue weighted by molar-refractivity contribution is 6.32. The third-order valence-corrected chi connectivity index (χ3v) is 5.17. The van der Waals surface area contributed by atoms with Crippen molar-refractivity contribution in [3.63, 3.8) is 0 Å². The summed E-state index contributed by atoms with van der Waals surface area (Å²) >= 11 is 6.39. The summed E-state index contributed by atoms with van der Waals surface area (Å²) < 4.78 is 23.2. The van der Waals surface area contributed by atoms with Crippen molar-refractivity contribution >= 4 is 11.6 Å². The number of ether oxygens (including phenoxy) is 4. The SMILES string of the molecule is CCOc1cc2c(cc1CNCc1cc(Cl)c3c(c1)OCCCO3)O[C@H](C)C2. The lowest BCUT2D eigenvalue weighted by Gasteiger charge is -2.14. The van der Waals surface area contributed by atoms with Crippen LogP contribution in [0.15, 0.2) is 24.3 Å². The highest BCUT2D eigenvalue weighted by atomic mass is 35.5. The number of halogens is 1. The first-order chi connectivity index (χ1) is 13.6. The van der Waals surface area contributed by atoms with Gasteiger partial charge in [-0.3, -0.25) is 0 Å². The second-order valence-electron chi connectivity index (χ2n) is 7.19. The Hall–Kier alpha value is -2.11. The molecule has 0 radical (unpaired) electrons. The van der Waals surface area contributed by atoms with Gasteiger partial charge in [-0.25, -0.2) is 0 Å². The number of hydrogen-bond acceptors (Lipinski definition) is 5. The Kier molecular flexibility index (Phi) is 5.83. The van der Waals surface area contributed by atoms with Gasteiger partial charge in [-0.1, -0.05) is 11.6 Å². The highest BCUT2D eigenvalue weighted by Crippen LogP contribution is 2.38. The van der Waals surface area contributed by atoms with Crippen LogP contribution < -0.4 is 24.3 Å². The Balaban J connectivity index is 1.46. The summed E-state index contributed by atoms with van der Waals surface area (Å²) in [6.07, 6.45) is 2.01. The molecule has 0 amide bonds. The van der Waals surface area contributed by atoms with E-state index in [-0.39, 0.29) is 6.10 Å². The summed E-state index contributed by atoms with van der Waals surface area (Å²) in [5.74, 6) is 3.25. The van der Waals surface area contributed by atoms with E-state index in [2.05, 4.69) is 24.4 Å². The topological polar surface area (TPSA) is 49.0 Å². The molecule has 2 aromatic rings. The fourth-order valence-electron chi connectivity index (χ4n) is 3.64. The van der Waals surface area contributed by atoms with E-state index < -0.39 is 0 Å². The number of hydrogen-bond donors (Lipinski definition) is 1. The second-order valence-corrected chi connectivity index (χ2v) is 7.60. The Morgan fingerprint density at radius 1 is 1.11 bits per heavy atom. The number of rotatable bonds is 6. The van der Waals surface area contributed by atoms with Crippen LogP contribution in [0.4, 0.5) is 0 Å². The van der Waals surface area contributed by atoms with Gasteiger partial charge in [0.1, 0.15) is 17.6 Å². The molecule has 0 fully saturated rings. The van der Waals surface area contributed by atoms with Crippen molar-refractivity contribution in [1.82, 2.24) is 5.32 Å². The molecular formula is C22H26ClNO4. The van der Waals surface area contributed by atoms with Crippen LogP contribution >= 0.6 is 11.6 Å². The minimum atomic E-state index is 0.219. The zero-order chi connectivity index (χ0) is 19.5. The number of fused-ring (bicyclic) bond motifs is 2. The number of nitrogens with one attached hydrogen (secondary N) is 1. The first-order valence-corrected chi connectivity index (χ1v) is 10.3. The average Bonchev–Trinajstić information content (AvgIpc) is 2.86. The van der Waals surface area contributed by atoms with E-state index in [4.69, 9.17) is 30.5 Å². The fourth-order valence-corrected chi connectivity index (χ4v) is 3.93. The van der Waals surface area contributed by atoms with Crippen molar-refractivity contribution in [2.24, 2.45) is 0 Å². The van der Waals surface area contributed by atoms with Gasteiger partial charge in [0, 0.05) is 37.1 Å². The molecule has 28 heavy (non-hydrogen) atoms. The predicted molar refractivity (Wildman–Crippen MR) is 109 cm³/mol. The van der Waals surface area contributed by atoms with Crippen molar-refractivity contribution < 1.29 is 18.9 Å². The van der Waals surface area contributed by atoms with Crippen LogP contribution in [-0.2, 0) is 19.5 Å². The average molecular weight is 404 g/mol. The Morgan fingerprint density at radius 2 is 1.96 bits per heavy atom. The van der Waals surface area contributed by atoms with Crippen molar-refractivity contribution in [2.75, 3.05) is 19.8 Å². The molecule has 2 aliphatic heterocycles. The highest BCUT2D eigenvalue weighted by Gasteiger charge is 2.22. The fraction of sp³-hybridized carbons (Fsp3) is 0.455. The van der Waals surface area contributed by atoms with Gasteiger partial charge in [0.15, 0.2) is 11.5 Å². The second kappa shape index (κ2) is 8.50. The van der Waals surface area contributed by atoms with Crippen molar-refractivity contribution in [3.8, 4) is 23.0 Å². The quantitative estimate of drug-likeness (QED) is 0.768. The maximum atomic E-state index is 6.39. The molecular weight excluding hydrogens is 378 g/mol. The molecule has 0 saturated heterocycles. The zero-order valence-corrected chi connectivity index (χ0v) is 17.1.